The minimum absolute atomic E-state index is 0.104. The first kappa shape index (κ1) is 15.3. The quantitative estimate of drug-likeness (QED) is 0.828. The van der Waals surface area contributed by atoms with E-state index >= 15 is 0 Å². The van der Waals surface area contributed by atoms with Crippen molar-refractivity contribution in [3.05, 3.63) is 58.1 Å². The van der Waals surface area contributed by atoms with Crippen molar-refractivity contribution in [1.29, 1.82) is 0 Å². The molecular formula is C15H12ClF2NO2. The van der Waals surface area contributed by atoms with Gasteiger partial charge in [-0.2, -0.15) is 0 Å². The number of aliphatic carboxylic acids is 1. The van der Waals surface area contributed by atoms with Crippen LogP contribution in [0.25, 0.3) is 0 Å². The van der Waals surface area contributed by atoms with E-state index in [4.69, 9.17) is 16.7 Å². The highest BCUT2D eigenvalue weighted by molar-refractivity contribution is 6.30. The molecule has 6 heteroatoms. The molecule has 0 aromatic heterocycles. The molecule has 2 rings (SSSR count). The molecule has 0 heterocycles. The molecule has 3 nitrogen and oxygen atoms in total. The molecule has 0 aliphatic rings. The van der Waals surface area contributed by atoms with Crippen LogP contribution in [0.5, 0.6) is 0 Å². The lowest BCUT2D eigenvalue weighted by molar-refractivity contribution is -0.136. The van der Waals surface area contributed by atoms with Crippen molar-refractivity contribution in [2.24, 2.45) is 0 Å². The van der Waals surface area contributed by atoms with E-state index in [-0.39, 0.29) is 17.1 Å². The number of nitrogens with one attached hydrogen (secondary N) is 1. The molecule has 0 saturated heterocycles. The summed E-state index contributed by atoms with van der Waals surface area (Å²) in [6.07, 6.45) is -0.221. The van der Waals surface area contributed by atoms with E-state index in [9.17, 15) is 13.6 Å². The summed E-state index contributed by atoms with van der Waals surface area (Å²) >= 11 is 5.49. The summed E-state index contributed by atoms with van der Waals surface area (Å²) in [7, 11) is 0. The maximum atomic E-state index is 13.8. The second-order valence-electron chi connectivity index (χ2n) is 4.58. The number of carboxylic acid groups (broad SMARTS) is 1. The molecule has 0 atom stereocenters. The van der Waals surface area contributed by atoms with Crippen molar-refractivity contribution < 1.29 is 18.7 Å². The predicted octanol–water partition coefficient (Wildman–Crippen LogP) is 4.30. The van der Waals surface area contributed by atoms with Crippen molar-refractivity contribution in [1.82, 2.24) is 0 Å². The zero-order chi connectivity index (χ0) is 15.6. The number of hydrogen-bond donors (Lipinski definition) is 2. The Labute approximate surface area is 125 Å². The summed E-state index contributed by atoms with van der Waals surface area (Å²) < 4.78 is 27.2. The molecule has 0 aliphatic carbocycles. The van der Waals surface area contributed by atoms with Crippen LogP contribution in [0.3, 0.4) is 0 Å². The van der Waals surface area contributed by atoms with Gasteiger partial charge in [-0.05, 0) is 30.7 Å². The van der Waals surface area contributed by atoms with Crippen molar-refractivity contribution in [3.8, 4) is 0 Å². The third kappa shape index (κ3) is 3.49. The number of rotatable bonds is 4. The van der Waals surface area contributed by atoms with Gasteiger partial charge in [0.1, 0.15) is 0 Å². The van der Waals surface area contributed by atoms with Crippen LogP contribution in [0.15, 0.2) is 30.3 Å². The number of halogens is 3. The Morgan fingerprint density at radius 1 is 1.19 bits per heavy atom. The number of carboxylic acids is 1. The van der Waals surface area contributed by atoms with Gasteiger partial charge in [-0.1, -0.05) is 29.3 Å². The summed E-state index contributed by atoms with van der Waals surface area (Å²) in [5, 5.41) is 11.3. The number of aryl methyl sites for hydroxylation is 1. The first-order valence-corrected chi connectivity index (χ1v) is 6.48. The van der Waals surface area contributed by atoms with Gasteiger partial charge < -0.3 is 10.4 Å². The molecule has 2 N–H and O–H groups in total. The van der Waals surface area contributed by atoms with Gasteiger partial charge in [0.05, 0.1) is 17.1 Å². The Bertz CT molecular complexity index is 704. The molecule has 110 valence electrons. The molecule has 2 aromatic rings. The van der Waals surface area contributed by atoms with Crippen LogP contribution in [-0.2, 0) is 11.2 Å². The van der Waals surface area contributed by atoms with E-state index < -0.39 is 17.6 Å². The van der Waals surface area contributed by atoms with Gasteiger partial charge in [-0.15, -0.1) is 0 Å². The summed E-state index contributed by atoms with van der Waals surface area (Å²) in [4.78, 5) is 10.9. The number of benzene rings is 2. The monoisotopic (exact) mass is 311 g/mol. The molecule has 21 heavy (non-hydrogen) atoms. The van der Waals surface area contributed by atoms with Gasteiger partial charge in [0.2, 0.25) is 0 Å². The lowest BCUT2D eigenvalue weighted by atomic mass is 10.1. The van der Waals surface area contributed by atoms with Crippen molar-refractivity contribution in [2.75, 3.05) is 5.32 Å². The zero-order valence-corrected chi connectivity index (χ0v) is 11.8. The van der Waals surface area contributed by atoms with Crippen LogP contribution in [0.1, 0.15) is 11.1 Å². The smallest absolute Gasteiger partial charge is 0.307 e. The minimum Gasteiger partial charge on any atom is -0.481 e. The van der Waals surface area contributed by atoms with Crippen LogP contribution in [0.4, 0.5) is 20.2 Å². The SMILES string of the molecule is Cc1ccc(Nc2ccc(Cl)c(F)c2F)c(CC(=O)O)c1. The molecule has 0 saturated carbocycles. The second-order valence-corrected chi connectivity index (χ2v) is 4.99. The van der Waals surface area contributed by atoms with Crippen LogP contribution < -0.4 is 5.32 Å². The second kappa shape index (κ2) is 6.10. The Kier molecular flexibility index (Phi) is 4.43. The van der Waals surface area contributed by atoms with Gasteiger partial charge >= 0.3 is 5.97 Å². The van der Waals surface area contributed by atoms with Crippen molar-refractivity contribution >= 4 is 28.9 Å². The van der Waals surface area contributed by atoms with Crippen LogP contribution in [0, 0.1) is 18.6 Å². The molecule has 0 bridgehead atoms. The van der Waals surface area contributed by atoms with Crippen LogP contribution in [0.2, 0.25) is 5.02 Å². The fourth-order valence-electron chi connectivity index (χ4n) is 1.92. The van der Waals surface area contributed by atoms with Gasteiger partial charge in [0.25, 0.3) is 0 Å². The van der Waals surface area contributed by atoms with E-state index in [2.05, 4.69) is 5.32 Å². The largest absolute Gasteiger partial charge is 0.481 e. The van der Waals surface area contributed by atoms with Crippen LogP contribution >= 0.6 is 11.6 Å². The molecule has 0 unspecified atom stereocenters. The van der Waals surface area contributed by atoms with Crippen molar-refractivity contribution in [2.45, 2.75) is 13.3 Å². The normalized spacial score (nSPS) is 10.5. The van der Waals surface area contributed by atoms with Gasteiger partial charge in [0, 0.05) is 5.69 Å². The maximum Gasteiger partial charge on any atom is 0.307 e. The topological polar surface area (TPSA) is 49.3 Å². The fourth-order valence-corrected chi connectivity index (χ4v) is 2.07. The third-order valence-corrected chi connectivity index (χ3v) is 3.20. The molecule has 0 radical (unpaired) electrons. The molecule has 0 amide bonds. The van der Waals surface area contributed by atoms with E-state index in [0.717, 1.165) is 5.56 Å². The average molecular weight is 312 g/mol. The Morgan fingerprint density at radius 3 is 2.52 bits per heavy atom. The first-order valence-electron chi connectivity index (χ1n) is 6.10. The summed E-state index contributed by atoms with van der Waals surface area (Å²) in [5.41, 5.74) is 1.66. The highest BCUT2D eigenvalue weighted by Gasteiger charge is 2.14. The van der Waals surface area contributed by atoms with Gasteiger partial charge in [-0.3, -0.25) is 4.79 Å². The lowest BCUT2D eigenvalue weighted by Crippen LogP contribution is -2.05. The van der Waals surface area contributed by atoms with Crippen LogP contribution in [-0.4, -0.2) is 11.1 Å². The maximum absolute atomic E-state index is 13.8. The molecule has 0 fully saturated rings. The highest BCUT2D eigenvalue weighted by Crippen LogP contribution is 2.28. The Morgan fingerprint density at radius 2 is 1.86 bits per heavy atom. The van der Waals surface area contributed by atoms with E-state index in [1.165, 1.54) is 12.1 Å². The molecule has 2 aromatic carbocycles. The highest BCUT2D eigenvalue weighted by atomic mass is 35.5. The zero-order valence-electron chi connectivity index (χ0n) is 11.1. The standard InChI is InChI=1S/C15H12ClF2NO2/c1-8-2-4-11(9(6-8)7-13(20)21)19-12-5-3-10(16)14(17)15(12)18/h2-6,19H,7H2,1H3,(H,20,21). The Balaban J connectivity index is 2.40. The average Bonchev–Trinajstić information content (AvgIpc) is 2.41. The molecule has 0 aliphatic heterocycles. The molecular weight excluding hydrogens is 300 g/mol. The van der Waals surface area contributed by atoms with Crippen molar-refractivity contribution in [3.63, 3.8) is 0 Å². The number of anilines is 2. The Hall–Kier alpha value is -2.14. The number of carbonyl (C=O) groups is 1. The predicted molar refractivity (Wildman–Crippen MR) is 77.2 cm³/mol. The van der Waals surface area contributed by atoms with Gasteiger partial charge in [-0.25, -0.2) is 8.78 Å². The van der Waals surface area contributed by atoms with E-state index in [1.807, 2.05) is 6.92 Å². The molecule has 0 spiro atoms. The van der Waals surface area contributed by atoms with Gasteiger partial charge in [0.15, 0.2) is 11.6 Å². The number of hydrogen-bond acceptors (Lipinski definition) is 2. The summed E-state index contributed by atoms with van der Waals surface area (Å²) in [5.74, 6) is -3.26. The third-order valence-electron chi connectivity index (χ3n) is 2.91. The minimum atomic E-state index is -1.14. The summed E-state index contributed by atoms with van der Waals surface area (Å²) in [6, 6.07) is 7.58. The van der Waals surface area contributed by atoms with E-state index in [1.54, 1.807) is 18.2 Å². The summed E-state index contributed by atoms with van der Waals surface area (Å²) in [6.45, 7) is 1.82. The van der Waals surface area contributed by atoms with E-state index in [0.29, 0.717) is 11.3 Å². The lowest BCUT2D eigenvalue weighted by Gasteiger charge is -2.13. The fraction of sp³-hybridized carbons (Fsp3) is 0.133. The first-order chi connectivity index (χ1) is 9.88.